The maximum Gasteiger partial charge on any atom is 0.123 e. The fourth-order valence-corrected chi connectivity index (χ4v) is 3.46. The quantitative estimate of drug-likeness (QED) is 0.939. The summed E-state index contributed by atoms with van der Waals surface area (Å²) in [5.74, 6) is 2.27. The Kier molecular flexibility index (Phi) is 4.38. The molecule has 2 aromatic rings. The van der Waals surface area contributed by atoms with Crippen LogP contribution in [0.25, 0.3) is 5.69 Å². The Morgan fingerprint density at radius 2 is 2.20 bits per heavy atom. The van der Waals surface area contributed by atoms with E-state index in [1.54, 1.807) is 16.8 Å². The molecule has 2 heterocycles. The van der Waals surface area contributed by atoms with Crippen molar-refractivity contribution in [3.63, 3.8) is 0 Å². The van der Waals surface area contributed by atoms with Gasteiger partial charge in [-0.15, -0.1) is 0 Å². The van der Waals surface area contributed by atoms with Crippen LogP contribution in [0.5, 0.6) is 0 Å². The Hall–Kier alpha value is -1.33. The van der Waals surface area contributed by atoms with Crippen molar-refractivity contribution < 1.29 is 4.39 Å². The fraction of sp³-hybridized carbons (Fsp3) is 0.400. The van der Waals surface area contributed by atoms with E-state index in [9.17, 15) is 4.39 Å². The van der Waals surface area contributed by atoms with E-state index in [0.29, 0.717) is 6.04 Å². The largest absolute Gasteiger partial charge is 0.309 e. The molecule has 0 bridgehead atoms. The maximum atomic E-state index is 12.9. The number of thioether (sulfide) groups is 1. The highest BCUT2D eigenvalue weighted by Crippen LogP contribution is 2.17. The van der Waals surface area contributed by atoms with E-state index in [4.69, 9.17) is 0 Å². The van der Waals surface area contributed by atoms with E-state index in [1.807, 2.05) is 24.2 Å². The Labute approximate surface area is 122 Å². The zero-order chi connectivity index (χ0) is 13.8. The van der Waals surface area contributed by atoms with Gasteiger partial charge in [-0.25, -0.2) is 9.07 Å². The molecular formula is C15H18FN3S. The van der Waals surface area contributed by atoms with Crippen LogP contribution in [-0.4, -0.2) is 27.3 Å². The van der Waals surface area contributed by atoms with Gasteiger partial charge in [0.1, 0.15) is 5.82 Å². The van der Waals surface area contributed by atoms with Crippen LogP contribution in [0.4, 0.5) is 4.39 Å². The summed E-state index contributed by atoms with van der Waals surface area (Å²) in [6.07, 6.45) is 6.43. The summed E-state index contributed by atoms with van der Waals surface area (Å²) in [6.45, 7) is 0.840. The van der Waals surface area contributed by atoms with Crippen molar-refractivity contribution in [1.82, 2.24) is 15.1 Å². The maximum absolute atomic E-state index is 12.9. The molecule has 1 aromatic heterocycles. The molecule has 1 saturated heterocycles. The van der Waals surface area contributed by atoms with Crippen LogP contribution in [0.2, 0.25) is 0 Å². The zero-order valence-corrected chi connectivity index (χ0v) is 12.1. The molecule has 1 fully saturated rings. The summed E-state index contributed by atoms with van der Waals surface area (Å²) in [4.78, 5) is 0. The summed E-state index contributed by atoms with van der Waals surface area (Å²) < 4.78 is 14.7. The minimum atomic E-state index is -0.224. The molecule has 5 heteroatoms. The van der Waals surface area contributed by atoms with Gasteiger partial charge in [0, 0.05) is 30.1 Å². The molecule has 3 rings (SSSR count). The topological polar surface area (TPSA) is 29.9 Å². The van der Waals surface area contributed by atoms with Crippen LogP contribution in [0.15, 0.2) is 36.7 Å². The highest BCUT2D eigenvalue weighted by atomic mass is 32.2. The van der Waals surface area contributed by atoms with E-state index in [1.165, 1.54) is 36.5 Å². The zero-order valence-electron chi connectivity index (χ0n) is 11.3. The van der Waals surface area contributed by atoms with Crippen LogP contribution >= 0.6 is 11.8 Å². The molecule has 0 saturated carbocycles. The highest BCUT2D eigenvalue weighted by Gasteiger charge is 2.13. The van der Waals surface area contributed by atoms with Crippen molar-refractivity contribution >= 4 is 11.8 Å². The Morgan fingerprint density at radius 3 is 2.95 bits per heavy atom. The Morgan fingerprint density at radius 1 is 1.35 bits per heavy atom. The molecule has 1 atom stereocenters. The van der Waals surface area contributed by atoms with Crippen LogP contribution in [0.3, 0.4) is 0 Å². The molecule has 106 valence electrons. The first-order valence-electron chi connectivity index (χ1n) is 6.92. The normalized spacial score (nSPS) is 19.1. The van der Waals surface area contributed by atoms with Crippen LogP contribution in [0.1, 0.15) is 18.4 Å². The van der Waals surface area contributed by atoms with Gasteiger partial charge in [0.05, 0.1) is 11.9 Å². The molecule has 1 N–H and O–H groups in total. The van der Waals surface area contributed by atoms with E-state index in [2.05, 4.69) is 10.4 Å². The van der Waals surface area contributed by atoms with Gasteiger partial charge in [-0.3, -0.25) is 0 Å². The molecule has 1 aliphatic rings. The van der Waals surface area contributed by atoms with Crippen LogP contribution < -0.4 is 5.32 Å². The predicted molar refractivity (Wildman–Crippen MR) is 80.7 cm³/mol. The summed E-state index contributed by atoms with van der Waals surface area (Å²) >= 11 is 2.02. The lowest BCUT2D eigenvalue weighted by atomic mass is 10.2. The molecule has 0 amide bonds. The van der Waals surface area contributed by atoms with Gasteiger partial charge < -0.3 is 5.32 Å². The smallest absolute Gasteiger partial charge is 0.123 e. The van der Waals surface area contributed by atoms with E-state index in [0.717, 1.165) is 17.8 Å². The van der Waals surface area contributed by atoms with Crippen LogP contribution in [0, 0.1) is 5.82 Å². The van der Waals surface area contributed by atoms with Crippen molar-refractivity contribution in [2.24, 2.45) is 0 Å². The van der Waals surface area contributed by atoms with Crippen molar-refractivity contribution in [2.75, 3.05) is 11.5 Å². The van der Waals surface area contributed by atoms with Crippen molar-refractivity contribution in [2.45, 2.75) is 25.4 Å². The Bertz CT molecular complexity index is 547. The van der Waals surface area contributed by atoms with E-state index >= 15 is 0 Å². The van der Waals surface area contributed by atoms with Crippen LogP contribution in [-0.2, 0) is 6.54 Å². The molecule has 0 unspecified atom stereocenters. The number of halogens is 1. The van der Waals surface area contributed by atoms with Gasteiger partial charge in [-0.05, 0) is 42.9 Å². The first-order valence-corrected chi connectivity index (χ1v) is 8.07. The molecule has 3 nitrogen and oxygen atoms in total. The SMILES string of the molecule is Fc1ccc(-n2cc(CN[C@H]3CCCSC3)cn2)cc1. The second kappa shape index (κ2) is 6.41. The lowest BCUT2D eigenvalue weighted by Gasteiger charge is -2.22. The number of benzene rings is 1. The number of hydrogen-bond donors (Lipinski definition) is 1. The number of aromatic nitrogens is 2. The van der Waals surface area contributed by atoms with Crippen molar-refractivity contribution in [1.29, 1.82) is 0 Å². The number of nitrogens with one attached hydrogen (secondary N) is 1. The minimum Gasteiger partial charge on any atom is -0.309 e. The minimum absolute atomic E-state index is 0.224. The molecule has 20 heavy (non-hydrogen) atoms. The average molecular weight is 291 g/mol. The molecule has 1 aliphatic heterocycles. The molecule has 1 aromatic carbocycles. The lowest BCUT2D eigenvalue weighted by molar-refractivity contribution is 0.507. The molecule has 0 aliphatic carbocycles. The van der Waals surface area contributed by atoms with Gasteiger partial charge in [0.2, 0.25) is 0 Å². The molecule has 0 radical (unpaired) electrons. The highest BCUT2D eigenvalue weighted by molar-refractivity contribution is 7.99. The molecular weight excluding hydrogens is 273 g/mol. The predicted octanol–water partition coefficient (Wildman–Crippen LogP) is 3.00. The Balaban J connectivity index is 1.60. The third-order valence-corrected chi connectivity index (χ3v) is 4.70. The van der Waals surface area contributed by atoms with E-state index in [-0.39, 0.29) is 5.82 Å². The van der Waals surface area contributed by atoms with Gasteiger partial charge in [-0.2, -0.15) is 16.9 Å². The monoisotopic (exact) mass is 291 g/mol. The second-order valence-corrected chi connectivity index (χ2v) is 6.21. The number of hydrogen-bond acceptors (Lipinski definition) is 3. The number of nitrogens with zero attached hydrogens (tertiary/aromatic N) is 2. The first kappa shape index (κ1) is 13.6. The number of rotatable bonds is 4. The second-order valence-electron chi connectivity index (χ2n) is 5.06. The van der Waals surface area contributed by atoms with Crippen molar-refractivity contribution in [3.05, 3.63) is 48.0 Å². The standard InChI is InChI=1S/C15H18FN3S/c16-13-3-5-15(6-4-13)19-10-12(9-18-19)8-17-14-2-1-7-20-11-14/h3-6,9-10,14,17H,1-2,7-8,11H2/t14-/m0/s1. The summed E-state index contributed by atoms with van der Waals surface area (Å²) in [5, 5.41) is 7.91. The summed E-state index contributed by atoms with van der Waals surface area (Å²) in [7, 11) is 0. The van der Waals surface area contributed by atoms with Gasteiger partial charge in [-0.1, -0.05) is 0 Å². The fourth-order valence-electron chi connectivity index (χ4n) is 2.35. The van der Waals surface area contributed by atoms with Gasteiger partial charge in [0.25, 0.3) is 0 Å². The van der Waals surface area contributed by atoms with Gasteiger partial charge >= 0.3 is 0 Å². The third kappa shape index (κ3) is 3.41. The summed E-state index contributed by atoms with van der Waals surface area (Å²) in [6, 6.07) is 6.99. The molecule has 0 spiro atoms. The van der Waals surface area contributed by atoms with Crippen molar-refractivity contribution in [3.8, 4) is 5.69 Å². The summed E-state index contributed by atoms with van der Waals surface area (Å²) in [5.41, 5.74) is 2.04. The first-order chi connectivity index (χ1) is 9.81. The third-order valence-electron chi connectivity index (χ3n) is 3.48. The van der Waals surface area contributed by atoms with E-state index < -0.39 is 0 Å². The average Bonchev–Trinajstić information content (AvgIpc) is 2.96. The lowest BCUT2D eigenvalue weighted by Crippen LogP contribution is -2.33. The van der Waals surface area contributed by atoms with Gasteiger partial charge in [0.15, 0.2) is 0 Å².